The van der Waals surface area contributed by atoms with Crippen LogP contribution >= 0.6 is 0 Å². The normalized spacial score (nSPS) is 12.4. The minimum Gasteiger partial charge on any atom is -0.493 e. The molecule has 2 rings (SSSR count). The van der Waals surface area contributed by atoms with Crippen LogP contribution in [0.2, 0.25) is 0 Å². The Labute approximate surface area is 188 Å². The van der Waals surface area contributed by atoms with Crippen molar-refractivity contribution in [3.63, 3.8) is 0 Å². The molecule has 174 valence electrons. The van der Waals surface area contributed by atoms with E-state index in [1.807, 2.05) is 12.1 Å². The van der Waals surface area contributed by atoms with E-state index in [4.69, 9.17) is 28.4 Å². The molecule has 2 atom stereocenters. The Morgan fingerprint density at radius 3 is 1.22 bits per heavy atom. The zero-order chi connectivity index (χ0) is 24.0. The summed E-state index contributed by atoms with van der Waals surface area (Å²) in [7, 11) is 6.12. The van der Waals surface area contributed by atoms with E-state index in [1.54, 1.807) is 26.0 Å². The Bertz CT molecular complexity index is 903. The number of benzene rings is 2. The molecule has 0 heterocycles. The number of ether oxygens (including phenoxy) is 6. The SMILES string of the molecule is COc1cc(C(C)OC(C)=O)cc(-c2cc(C(C)OC(C)=O)cc(OC)c2OC)c1OC. The summed E-state index contributed by atoms with van der Waals surface area (Å²) in [5.74, 6) is 1.04. The topological polar surface area (TPSA) is 89.5 Å². The van der Waals surface area contributed by atoms with Crippen LogP contribution in [0.5, 0.6) is 23.0 Å². The van der Waals surface area contributed by atoms with E-state index in [0.717, 1.165) is 0 Å². The second-order valence-electron chi connectivity index (χ2n) is 7.11. The third kappa shape index (κ3) is 5.43. The zero-order valence-electron chi connectivity index (χ0n) is 19.7. The average molecular weight is 446 g/mol. The molecule has 2 unspecified atom stereocenters. The first-order valence-electron chi connectivity index (χ1n) is 10.0. The molecular weight excluding hydrogens is 416 g/mol. The highest BCUT2D eigenvalue weighted by molar-refractivity contribution is 5.82. The molecule has 0 radical (unpaired) electrons. The molecule has 32 heavy (non-hydrogen) atoms. The Kier molecular flexibility index (Phi) is 8.34. The molecule has 2 aromatic carbocycles. The van der Waals surface area contributed by atoms with E-state index in [2.05, 4.69) is 0 Å². The summed E-state index contributed by atoms with van der Waals surface area (Å²) in [6.07, 6.45) is -1.05. The summed E-state index contributed by atoms with van der Waals surface area (Å²) in [6.45, 7) is 6.24. The smallest absolute Gasteiger partial charge is 0.303 e. The monoisotopic (exact) mass is 446 g/mol. The van der Waals surface area contributed by atoms with Gasteiger partial charge in [-0.05, 0) is 49.2 Å². The second-order valence-corrected chi connectivity index (χ2v) is 7.11. The number of rotatable bonds is 9. The lowest BCUT2D eigenvalue weighted by Gasteiger charge is -2.22. The molecule has 0 saturated heterocycles. The van der Waals surface area contributed by atoms with Crippen LogP contribution in [0.15, 0.2) is 24.3 Å². The van der Waals surface area contributed by atoms with Gasteiger partial charge in [-0.3, -0.25) is 9.59 Å². The van der Waals surface area contributed by atoms with Crippen molar-refractivity contribution >= 4 is 11.9 Å². The molecule has 8 heteroatoms. The van der Waals surface area contributed by atoms with E-state index in [-0.39, 0.29) is 0 Å². The van der Waals surface area contributed by atoms with Crippen LogP contribution in [-0.2, 0) is 19.1 Å². The molecule has 0 aliphatic rings. The Morgan fingerprint density at radius 1 is 0.625 bits per heavy atom. The van der Waals surface area contributed by atoms with Gasteiger partial charge in [-0.2, -0.15) is 0 Å². The van der Waals surface area contributed by atoms with Crippen molar-refractivity contribution < 1.29 is 38.0 Å². The largest absolute Gasteiger partial charge is 0.493 e. The van der Waals surface area contributed by atoms with Gasteiger partial charge < -0.3 is 28.4 Å². The Balaban J connectivity index is 2.83. The van der Waals surface area contributed by atoms with Gasteiger partial charge in [0.15, 0.2) is 23.0 Å². The first-order valence-corrected chi connectivity index (χ1v) is 10.0. The molecule has 0 saturated carbocycles. The minimum absolute atomic E-state index is 0.398. The fourth-order valence-electron chi connectivity index (χ4n) is 3.47. The van der Waals surface area contributed by atoms with Gasteiger partial charge in [0.05, 0.1) is 28.4 Å². The molecule has 0 bridgehead atoms. The van der Waals surface area contributed by atoms with E-state index in [1.165, 1.54) is 42.3 Å². The maximum absolute atomic E-state index is 11.5. The molecule has 0 fully saturated rings. The summed E-state index contributed by atoms with van der Waals surface area (Å²) in [6, 6.07) is 7.19. The van der Waals surface area contributed by atoms with E-state index >= 15 is 0 Å². The molecule has 0 aliphatic carbocycles. The van der Waals surface area contributed by atoms with E-state index in [9.17, 15) is 9.59 Å². The highest BCUT2D eigenvalue weighted by atomic mass is 16.5. The molecule has 2 aromatic rings. The van der Waals surface area contributed by atoms with Crippen LogP contribution in [-0.4, -0.2) is 40.4 Å². The van der Waals surface area contributed by atoms with Crippen LogP contribution in [0.4, 0.5) is 0 Å². The Hall–Kier alpha value is -3.42. The van der Waals surface area contributed by atoms with Crippen LogP contribution < -0.4 is 18.9 Å². The molecule has 0 spiro atoms. The van der Waals surface area contributed by atoms with Crippen molar-refractivity contribution in [1.82, 2.24) is 0 Å². The predicted octanol–water partition coefficient (Wildman–Crippen LogP) is 4.64. The summed E-state index contributed by atoms with van der Waals surface area (Å²) >= 11 is 0. The summed E-state index contributed by atoms with van der Waals surface area (Å²) in [4.78, 5) is 23.0. The number of hydrogen-bond acceptors (Lipinski definition) is 8. The van der Waals surface area contributed by atoms with E-state index < -0.39 is 24.1 Å². The number of esters is 2. The van der Waals surface area contributed by atoms with Crippen molar-refractivity contribution in [2.75, 3.05) is 28.4 Å². The quantitative estimate of drug-likeness (QED) is 0.515. The second kappa shape index (κ2) is 10.7. The number of carbonyl (C=O) groups excluding carboxylic acids is 2. The molecule has 8 nitrogen and oxygen atoms in total. The lowest BCUT2D eigenvalue weighted by atomic mass is 9.95. The Morgan fingerprint density at radius 2 is 0.969 bits per heavy atom. The first kappa shape index (κ1) is 24.8. The fraction of sp³-hybridized carbons (Fsp3) is 0.417. The molecule has 0 N–H and O–H groups in total. The lowest BCUT2D eigenvalue weighted by Crippen LogP contribution is -2.07. The van der Waals surface area contributed by atoms with Crippen LogP contribution in [0.25, 0.3) is 11.1 Å². The van der Waals surface area contributed by atoms with Gasteiger partial charge in [-0.1, -0.05) is 0 Å². The first-order chi connectivity index (χ1) is 15.2. The number of carbonyl (C=O) groups is 2. The van der Waals surface area contributed by atoms with Gasteiger partial charge in [0.2, 0.25) is 0 Å². The highest BCUT2D eigenvalue weighted by Crippen LogP contribution is 2.48. The van der Waals surface area contributed by atoms with Crippen molar-refractivity contribution in [3.8, 4) is 34.1 Å². The van der Waals surface area contributed by atoms with Gasteiger partial charge >= 0.3 is 11.9 Å². The summed E-state index contributed by atoms with van der Waals surface area (Å²) < 4.78 is 33.1. The summed E-state index contributed by atoms with van der Waals surface area (Å²) in [5, 5.41) is 0. The lowest BCUT2D eigenvalue weighted by molar-refractivity contribution is -0.146. The number of hydrogen-bond donors (Lipinski definition) is 0. The van der Waals surface area contributed by atoms with Crippen LogP contribution in [0.3, 0.4) is 0 Å². The third-order valence-electron chi connectivity index (χ3n) is 4.92. The van der Waals surface area contributed by atoms with Crippen molar-refractivity contribution in [3.05, 3.63) is 35.4 Å². The van der Waals surface area contributed by atoms with Crippen LogP contribution in [0, 0.1) is 0 Å². The van der Waals surface area contributed by atoms with Gasteiger partial charge in [0.25, 0.3) is 0 Å². The van der Waals surface area contributed by atoms with Gasteiger partial charge in [0.1, 0.15) is 12.2 Å². The fourth-order valence-corrected chi connectivity index (χ4v) is 3.47. The van der Waals surface area contributed by atoms with Gasteiger partial charge in [0, 0.05) is 25.0 Å². The average Bonchev–Trinajstić information content (AvgIpc) is 2.75. The maximum Gasteiger partial charge on any atom is 0.303 e. The van der Waals surface area contributed by atoms with Crippen molar-refractivity contribution in [2.45, 2.75) is 39.9 Å². The molecular formula is C24H30O8. The van der Waals surface area contributed by atoms with Crippen LogP contribution in [0.1, 0.15) is 51.0 Å². The predicted molar refractivity (Wildman–Crippen MR) is 118 cm³/mol. The van der Waals surface area contributed by atoms with Gasteiger partial charge in [-0.15, -0.1) is 0 Å². The van der Waals surface area contributed by atoms with Crippen molar-refractivity contribution in [2.24, 2.45) is 0 Å². The standard InChI is InChI=1S/C24H30O8/c1-13(31-15(3)25)17-9-19(23(29-7)21(11-17)27-5)20-10-18(14(2)32-16(4)26)12-22(28-6)24(20)30-8/h9-14H,1-8H3. The summed E-state index contributed by atoms with van der Waals surface area (Å²) in [5.41, 5.74) is 2.67. The molecule has 0 amide bonds. The maximum atomic E-state index is 11.5. The van der Waals surface area contributed by atoms with Gasteiger partial charge in [-0.25, -0.2) is 0 Å². The molecule has 0 aromatic heterocycles. The van der Waals surface area contributed by atoms with E-state index in [0.29, 0.717) is 45.3 Å². The highest BCUT2D eigenvalue weighted by Gasteiger charge is 2.24. The minimum atomic E-state index is -0.526. The van der Waals surface area contributed by atoms with Crippen molar-refractivity contribution in [1.29, 1.82) is 0 Å². The zero-order valence-corrected chi connectivity index (χ0v) is 19.7. The number of methoxy groups -OCH3 is 4. The third-order valence-corrected chi connectivity index (χ3v) is 4.92. The molecule has 0 aliphatic heterocycles.